The Kier molecular flexibility index (Phi) is 5.95. The van der Waals surface area contributed by atoms with Gasteiger partial charge in [-0.25, -0.2) is 0 Å². The van der Waals surface area contributed by atoms with Crippen LogP contribution in [-0.4, -0.2) is 24.7 Å². The fourth-order valence-electron chi connectivity index (χ4n) is 1.92. The van der Waals surface area contributed by atoms with Crippen molar-refractivity contribution in [3.63, 3.8) is 0 Å². The molecular weight excluding hydrogens is 202 g/mol. The fourth-order valence-corrected chi connectivity index (χ4v) is 1.92. The normalized spacial score (nSPS) is 21.4. The number of carbonyl (C=O) groups excluding carboxylic acids is 1. The van der Waals surface area contributed by atoms with Crippen LogP contribution in [0.1, 0.15) is 45.4 Å². The second-order valence-corrected chi connectivity index (χ2v) is 4.25. The van der Waals surface area contributed by atoms with E-state index >= 15 is 0 Å². The van der Waals surface area contributed by atoms with Crippen molar-refractivity contribution in [2.45, 2.75) is 57.6 Å². The molecule has 0 radical (unpaired) electrons. The first-order valence-corrected chi connectivity index (χ1v) is 6.13. The zero-order chi connectivity index (χ0) is 11.8. The minimum atomic E-state index is -0.109. The molecule has 3 heteroatoms. The summed E-state index contributed by atoms with van der Waals surface area (Å²) in [6.45, 7) is 2.90. The fraction of sp³-hybridized carbons (Fsp3) is 0.769. The molecule has 1 amide bonds. The molecule has 1 saturated heterocycles. The highest BCUT2D eigenvalue weighted by Crippen LogP contribution is 2.16. The van der Waals surface area contributed by atoms with Crippen molar-refractivity contribution in [3.05, 3.63) is 0 Å². The van der Waals surface area contributed by atoms with Crippen LogP contribution in [0.4, 0.5) is 0 Å². The Labute approximate surface area is 97.9 Å². The number of terminal acetylenes is 1. The highest BCUT2D eigenvalue weighted by Gasteiger charge is 2.17. The van der Waals surface area contributed by atoms with Crippen LogP contribution < -0.4 is 5.32 Å². The summed E-state index contributed by atoms with van der Waals surface area (Å²) in [5.74, 6) is 2.65. The van der Waals surface area contributed by atoms with Gasteiger partial charge in [-0.1, -0.05) is 19.3 Å². The Morgan fingerprint density at radius 1 is 1.69 bits per heavy atom. The average Bonchev–Trinajstić information content (AvgIpc) is 2.78. The molecule has 1 aliphatic rings. The van der Waals surface area contributed by atoms with Gasteiger partial charge in [0.1, 0.15) is 0 Å². The van der Waals surface area contributed by atoms with Gasteiger partial charge in [-0.15, -0.1) is 6.42 Å². The molecule has 1 heterocycles. The van der Waals surface area contributed by atoms with Gasteiger partial charge in [0.2, 0.25) is 5.91 Å². The van der Waals surface area contributed by atoms with Crippen LogP contribution in [0.3, 0.4) is 0 Å². The third-order valence-corrected chi connectivity index (χ3v) is 2.83. The molecule has 90 valence electrons. The van der Waals surface area contributed by atoms with Crippen LogP contribution in [-0.2, 0) is 9.53 Å². The highest BCUT2D eigenvalue weighted by atomic mass is 16.5. The SMILES string of the molecule is C#CC(CCC)NC(=O)CCC1CCCO1. The van der Waals surface area contributed by atoms with Crippen molar-refractivity contribution in [2.75, 3.05) is 6.61 Å². The summed E-state index contributed by atoms with van der Waals surface area (Å²) in [5.41, 5.74) is 0. The number of ether oxygens (including phenoxy) is 1. The first kappa shape index (κ1) is 13.1. The van der Waals surface area contributed by atoms with E-state index in [9.17, 15) is 4.79 Å². The first-order chi connectivity index (χ1) is 7.76. The lowest BCUT2D eigenvalue weighted by Crippen LogP contribution is -2.33. The third-order valence-electron chi connectivity index (χ3n) is 2.83. The van der Waals surface area contributed by atoms with Crippen LogP contribution in [0, 0.1) is 12.3 Å². The van der Waals surface area contributed by atoms with Gasteiger partial charge in [-0.2, -0.15) is 0 Å². The van der Waals surface area contributed by atoms with Gasteiger partial charge < -0.3 is 10.1 Å². The molecule has 1 fully saturated rings. The Morgan fingerprint density at radius 3 is 3.06 bits per heavy atom. The van der Waals surface area contributed by atoms with Gasteiger partial charge in [0.15, 0.2) is 0 Å². The molecule has 3 nitrogen and oxygen atoms in total. The van der Waals surface area contributed by atoms with Crippen molar-refractivity contribution in [1.82, 2.24) is 5.32 Å². The molecule has 1 rings (SSSR count). The van der Waals surface area contributed by atoms with Crippen LogP contribution in [0.25, 0.3) is 0 Å². The summed E-state index contributed by atoms with van der Waals surface area (Å²) in [6, 6.07) is -0.109. The Balaban J connectivity index is 2.16. The molecule has 1 N–H and O–H groups in total. The summed E-state index contributed by atoms with van der Waals surface area (Å²) in [4.78, 5) is 11.6. The molecule has 0 saturated carbocycles. The first-order valence-electron chi connectivity index (χ1n) is 6.13. The molecule has 0 aromatic carbocycles. The maximum Gasteiger partial charge on any atom is 0.221 e. The average molecular weight is 223 g/mol. The lowest BCUT2D eigenvalue weighted by molar-refractivity contribution is -0.122. The lowest BCUT2D eigenvalue weighted by atomic mass is 10.1. The largest absolute Gasteiger partial charge is 0.378 e. The van der Waals surface area contributed by atoms with E-state index in [1.165, 1.54) is 0 Å². The molecule has 0 bridgehead atoms. The quantitative estimate of drug-likeness (QED) is 0.698. The number of amides is 1. The van der Waals surface area contributed by atoms with Gasteiger partial charge in [0.05, 0.1) is 12.1 Å². The molecule has 0 aromatic heterocycles. The van der Waals surface area contributed by atoms with E-state index in [1.807, 2.05) is 0 Å². The van der Waals surface area contributed by atoms with Crippen LogP contribution in [0.5, 0.6) is 0 Å². The summed E-state index contributed by atoms with van der Waals surface area (Å²) in [5, 5.41) is 2.86. The van der Waals surface area contributed by atoms with Gasteiger partial charge >= 0.3 is 0 Å². The van der Waals surface area contributed by atoms with E-state index in [4.69, 9.17) is 11.2 Å². The molecular formula is C13H21NO2. The van der Waals surface area contributed by atoms with Crippen molar-refractivity contribution in [1.29, 1.82) is 0 Å². The molecule has 0 aromatic rings. The smallest absolute Gasteiger partial charge is 0.221 e. The van der Waals surface area contributed by atoms with Gasteiger partial charge in [0.25, 0.3) is 0 Å². The van der Waals surface area contributed by atoms with Gasteiger partial charge in [-0.3, -0.25) is 4.79 Å². The number of carbonyl (C=O) groups is 1. The molecule has 16 heavy (non-hydrogen) atoms. The molecule has 2 atom stereocenters. The standard InChI is InChI=1S/C13H21NO2/c1-3-6-11(4-2)14-13(15)9-8-12-7-5-10-16-12/h2,11-12H,3,5-10H2,1H3,(H,14,15). The Morgan fingerprint density at radius 2 is 2.50 bits per heavy atom. The van der Waals surface area contributed by atoms with Crippen LogP contribution in [0.2, 0.25) is 0 Å². The topological polar surface area (TPSA) is 38.3 Å². The minimum Gasteiger partial charge on any atom is -0.378 e. The predicted octanol–water partition coefficient (Wildman–Crippen LogP) is 1.86. The monoisotopic (exact) mass is 223 g/mol. The van der Waals surface area contributed by atoms with E-state index in [1.54, 1.807) is 0 Å². The van der Waals surface area contributed by atoms with Crippen molar-refractivity contribution in [2.24, 2.45) is 0 Å². The maximum absolute atomic E-state index is 11.6. The van der Waals surface area contributed by atoms with Gasteiger partial charge in [0, 0.05) is 13.0 Å². The molecule has 0 aliphatic carbocycles. The van der Waals surface area contributed by atoms with E-state index in [-0.39, 0.29) is 18.1 Å². The minimum absolute atomic E-state index is 0.0481. The van der Waals surface area contributed by atoms with Crippen LogP contribution >= 0.6 is 0 Å². The Bertz CT molecular complexity index is 251. The zero-order valence-electron chi connectivity index (χ0n) is 10.00. The van der Waals surface area contributed by atoms with E-state index in [2.05, 4.69) is 18.2 Å². The molecule has 0 spiro atoms. The second kappa shape index (κ2) is 7.29. The summed E-state index contributed by atoms with van der Waals surface area (Å²) in [7, 11) is 0. The Hall–Kier alpha value is -1.01. The second-order valence-electron chi connectivity index (χ2n) is 4.25. The van der Waals surface area contributed by atoms with Crippen molar-refractivity contribution < 1.29 is 9.53 Å². The third kappa shape index (κ3) is 4.67. The molecule has 1 aliphatic heterocycles. The number of hydrogen-bond donors (Lipinski definition) is 1. The van der Waals surface area contributed by atoms with E-state index in [0.717, 1.165) is 38.7 Å². The predicted molar refractivity (Wildman–Crippen MR) is 63.9 cm³/mol. The number of hydrogen-bond acceptors (Lipinski definition) is 2. The van der Waals surface area contributed by atoms with Crippen molar-refractivity contribution in [3.8, 4) is 12.3 Å². The summed E-state index contributed by atoms with van der Waals surface area (Å²) < 4.78 is 5.46. The van der Waals surface area contributed by atoms with Gasteiger partial charge in [-0.05, 0) is 25.7 Å². The highest BCUT2D eigenvalue weighted by molar-refractivity contribution is 5.76. The lowest BCUT2D eigenvalue weighted by Gasteiger charge is -2.13. The van der Waals surface area contributed by atoms with E-state index < -0.39 is 0 Å². The molecule has 2 unspecified atom stereocenters. The van der Waals surface area contributed by atoms with Crippen molar-refractivity contribution >= 4 is 5.91 Å². The zero-order valence-corrected chi connectivity index (χ0v) is 10.00. The van der Waals surface area contributed by atoms with Crippen LogP contribution in [0.15, 0.2) is 0 Å². The number of rotatable bonds is 6. The summed E-state index contributed by atoms with van der Waals surface area (Å²) in [6.07, 6.45) is 11.0. The van der Waals surface area contributed by atoms with E-state index in [0.29, 0.717) is 6.42 Å². The number of nitrogens with one attached hydrogen (secondary N) is 1. The summed E-state index contributed by atoms with van der Waals surface area (Å²) >= 11 is 0. The maximum atomic E-state index is 11.6.